The molecule has 0 amide bonds. The highest BCUT2D eigenvalue weighted by Crippen LogP contribution is 2.33. The van der Waals surface area contributed by atoms with Crippen LogP contribution in [0, 0.1) is 10.1 Å². The molecule has 98 valence electrons. The lowest BCUT2D eigenvalue weighted by molar-refractivity contribution is -0.384. The van der Waals surface area contributed by atoms with Crippen molar-refractivity contribution in [2.75, 3.05) is 11.1 Å². The number of hydrogen-bond donors (Lipinski definition) is 1. The molecule has 1 aromatic heterocycles. The number of thioether (sulfide) groups is 1. The molecule has 0 aromatic carbocycles. The van der Waals surface area contributed by atoms with Gasteiger partial charge in [0.15, 0.2) is 0 Å². The highest BCUT2D eigenvalue weighted by atomic mass is 32.2. The summed E-state index contributed by atoms with van der Waals surface area (Å²) in [5, 5.41) is 14.9. The highest BCUT2D eigenvalue weighted by molar-refractivity contribution is 7.99. The van der Waals surface area contributed by atoms with Crippen LogP contribution in [0.2, 0.25) is 0 Å². The summed E-state index contributed by atoms with van der Waals surface area (Å²) in [5.74, 6) is 1.13. The minimum absolute atomic E-state index is 0.0593. The summed E-state index contributed by atoms with van der Waals surface area (Å²) in [6.45, 7) is 2.17. The standard InChI is InChI=1S/C12H17N3O2S/c1-2-18-10-4-3-9(7-10)14-11-5-6-13-8-12(11)15(16)17/h5-6,8-10H,2-4,7H2,1H3,(H,13,14). The zero-order valence-electron chi connectivity index (χ0n) is 10.3. The average molecular weight is 267 g/mol. The summed E-state index contributed by atoms with van der Waals surface area (Å²) >= 11 is 1.98. The van der Waals surface area contributed by atoms with E-state index in [1.165, 1.54) is 12.6 Å². The second-order valence-corrected chi connectivity index (χ2v) is 5.96. The monoisotopic (exact) mass is 267 g/mol. The molecule has 0 spiro atoms. The van der Waals surface area contributed by atoms with Gasteiger partial charge in [-0.25, -0.2) is 0 Å². The van der Waals surface area contributed by atoms with Crippen LogP contribution in [0.15, 0.2) is 18.5 Å². The van der Waals surface area contributed by atoms with Crippen molar-refractivity contribution in [3.63, 3.8) is 0 Å². The maximum absolute atomic E-state index is 10.9. The molecule has 2 rings (SSSR count). The van der Waals surface area contributed by atoms with Crippen LogP contribution in [-0.2, 0) is 0 Å². The van der Waals surface area contributed by atoms with Gasteiger partial charge in [0.05, 0.1) is 4.92 Å². The van der Waals surface area contributed by atoms with E-state index in [2.05, 4.69) is 17.2 Å². The van der Waals surface area contributed by atoms with E-state index in [1.54, 1.807) is 12.3 Å². The maximum Gasteiger partial charge on any atom is 0.310 e. The Morgan fingerprint density at radius 1 is 1.61 bits per heavy atom. The zero-order chi connectivity index (χ0) is 13.0. The summed E-state index contributed by atoms with van der Waals surface area (Å²) in [6.07, 6.45) is 6.24. The van der Waals surface area contributed by atoms with Crippen LogP contribution in [-0.4, -0.2) is 27.0 Å². The van der Waals surface area contributed by atoms with Crippen molar-refractivity contribution in [1.82, 2.24) is 4.98 Å². The molecule has 1 N–H and O–H groups in total. The van der Waals surface area contributed by atoms with Gasteiger partial charge in [0.25, 0.3) is 0 Å². The van der Waals surface area contributed by atoms with Crippen molar-refractivity contribution >= 4 is 23.1 Å². The zero-order valence-corrected chi connectivity index (χ0v) is 11.2. The van der Waals surface area contributed by atoms with Gasteiger partial charge in [-0.05, 0) is 31.1 Å². The number of pyridine rings is 1. The van der Waals surface area contributed by atoms with Crippen molar-refractivity contribution in [1.29, 1.82) is 0 Å². The Morgan fingerprint density at radius 2 is 2.44 bits per heavy atom. The Bertz CT molecular complexity index is 428. The first-order chi connectivity index (χ1) is 8.70. The normalized spacial score (nSPS) is 22.9. The van der Waals surface area contributed by atoms with Crippen LogP contribution in [0.5, 0.6) is 0 Å². The molecule has 1 aliphatic carbocycles. The quantitative estimate of drug-likeness (QED) is 0.656. The number of aromatic nitrogens is 1. The molecule has 0 bridgehead atoms. The van der Waals surface area contributed by atoms with Crippen LogP contribution >= 0.6 is 11.8 Å². The van der Waals surface area contributed by atoms with Gasteiger partial charge in [0, 0.05) is 17.5 Å². The smallest absolute Gasteiger partial charge is 0.310 e. The number of rotatable bonds is 5. The Kier molecular flexibility index (Phi) is 4.41. The van der Waals surface area contributed by atoms with Crippen molar-refractivity contribution in [3.05, 3.63) is 28.6 Å². The van der Waals surface area contributed by atoms with Gasteiger partial charge in [-0.2, -0.15) is 11.8 Å². The SMILES string of the molecule is CCSC1CCC(Nc2ccncc2[N+](=O)[O-])C1. The fourth-order valence-electron chi connectivity index (χ4n) is 2.33. The second kappa shape index (κ2) is 6.04. The third-order valence-corrected chi connectivity index (χ3v) is 4.38. The number of hydrogen-bond acceptors (Lipinski definition) is 5. The minimum Gasteiger partial charge on any atom is -0.377 e. The first-order valence-corrected chi connectivity index (χ1v) is 7.22. The fraction of sp³-hybridized carbons (Fsp3) is 0.583. The van der Waals surface area contributed by atoms with E-state index < -0.39 is 0 Å². The second-order valence-electron chi connectivity index (χ2n) is 4.38. The molecule has 18 heavy (non-hydrogen) atoms. The van der Waals surface area contributed by atoms with Gasteiger partial charge in [-0.15, -0.1) is 0 Å². The molecule has 5 nitrogen and oxygen atoms in total. The summed E-state index contributed by atoms with van der Waals surface area (Å²) in [5.41, 5.74) is 0.645. The molecule has 1 heterocycles. The molecule has 1 fully saturated rings. The van der Waals surface area contributed by atoms with Crippen LogP contribution < -0.4 is 5.32 Å². The largest absolute Gasteiger partial charge is 0.377 e. The van der Waals surface area contributed by atoms with Crippen molar-refractivity contribution in [2.24, 2.45) is 0 Å². The maximum atomic E-state index is 10.9. The van der Waals surface area contributed by atoms with E-state index in [0.29, 0.717) is 17.0 Å². The molecule has 6 heteroatoms. The molecule has 1 aromatic rings. The van der Waals surface area contributed by atoms with Gasteiger partial charge >= 0.3 is 5.69 Å². The first kappa shape index (κ1) is 13.1. The van der Waals surface area contributed by atoms with Gasteiger partial charge in [-0.1, -0.05) is 6.92 Å². The summed E-state index contributed by atoms with van der Waals surface area (Å²) in [4.78, 5) is 14.3. The van der Waals surface area contributed by atoms with E-state index in [4.69, 9.17) is 0 Å². The van der Waals surface area contributed by atoms with Gasteiger partial charge in [-0.3, -0.25) is 15.1 Å². The Labute approximate surface area is 111 Å². The first-order valence-electron chi connectivity index (χ1n) is 6.17. The van der Waals surface area contributed by atoms with Crippen LogP contribution in [0.25, 0.3) is 0 Å². The fourth-order valence-corrected chi connectivity index (χ4v) is 3.47. The predicted molar refractivity (Wildman–Crippen MR) is 74.1 cm³/mol. The molecule has 1 aliphatic rings. The van der Waals surface area contributed by atoms with Crippen LogP contribution in [0.1, 0.15) is 26.2 Å². The van der Waals surface area contributed by atoms with E-state index in [0.717, 1.165) is 18.6 Å². The lowest BCUT2D eigenvalue weighted by Crippen LogP contribution is -2.17. The number of anilines is 1. The van der Waals surface area contributed by atoms with Crippen molar-refractivity contribution in [2.45, 2.75) is 37.5 Å². The Hall–Kier alpha value is -1.30. The Balaban J connectivity index is 2.00. The highest BCUT2D eigenvalue weighted by Gasteiger charge is 2.26. The summed E-state index contributed by atoms with van der Waals surface area (Å²) < 4.78 is 0. The van der Waals surface area contributed by atoms with Gasteiger partial charge in [0.1, 0.15) is 11.9 Å². The van der Waals surface area contributed by atoms with Crippen LogP contribution in [0.3, 0.4) is 0 Å². The summed E-state index contributed by atoms with van der Waals surface area (Å²) in [6, 6.07) is 2.02. The molecule has 1 saturated carbocycles. The van der Waals surface area contributed by atoms with E-state index in [9.17, 15) is 10.1 Å². The minimum atomic E-state index is -0.386. The van der Waals surface area contributed by atoms with Crippen molar-refractivity contribution < 1.29 is 4.92 Å². The topological polar surface area (TPSA) is 68.1 Å². The lowest BCUT2D eigenvalue weighted by atomic mass is 10.2. The molecule has 0 aliphatic heterocycles. The average Bonchev–Trinajstić information content (AvgIpc) is 2.77. The van der Waals surface area contributed by atoms with E-state index >= 15 is 0 Å². The van der Waals surface area contributed by atoms with Gasteiger partial charge < -0.3 is 5.32 Å². The van der Waals surface area contributed by atoms with Crippen molar-refractivity contribution in [3.8, 4) is 0 Å². The Morgan fingerprint density at radius 3 is 3.17 bits per heavy atom. The number of nitrogens with one attached hydrogen (secondary N) is 1. The molecule has 0 saturated heterocycles. The van der Waals surface area contributed by atoms with Gasteiger partial charge in [0.2, 0.25) is 0 Å². The number of nitrogens with zero attached hydrogens (tertiary/aromatic N) is 2. The molecule has 2 atom stereocenters. The molecular weight excluding hydrogens is 250 g/mol. The molecule has 0 radical (unpaired) electrons. The molecular formula is C12H17N3O2S. The number of nitro groups is 1. The summed E-state index contributed by atoms with van der Waals surface area (Å²) in [7, 11) is 0. The predicted octanol–water partition coefficient (Wildman–Crippen LogP) is 3.08. The van der Waals surface area contributed by atoms with E-state index in [-0.39, 0.29) is 10.6 Å². The van der Waals surface area contributed by atoms with Crippen LogP contribution in [0.4, 0.5) is 11.4 Å². The van der Waals surface area contributed by atoms with E-state index in [1.807, 2.05) is 11.8 Å². The molecule has 2 unspecified atom stereocenters. The third kappa shape index (κ3) is 3.13. The lowest BCUT2D eigenvalue weighted by Gasteiger charge is -2.14. The third-order valence-electron chi connectivity index (χ3n) is 3.14.